The molecule has 2 fully saturated rings. The van der Waals surface area contributed by atoms with Crippen LogP contribution < -0.4 is 4.90 Å². The second kappa shape index (κ2) is 8.70. The summed E-state index contributed by atoms with van der Waals surface area (Å²) in [7, 11) is 0. The molecule has 1 saturated carbocycles. The molecule has 0 N–H and O–H groups in total. The lowest BCUT2D eigenvalue weighted by Gasteiger charge is -2.38. The van der Waals surface area contributed by atoms with Crippen LogP contribution in [0.1, 0.15) is 54.4 Å². The molecule has 0 bridgehead atoms. The van der Waals surface area contributed by atoms with Crippen LogP contribution in [0.15, 0.2) is 36.4 Å². The Labute approximate surface area is 194 Å². The summed E-state index contributed by atoms with van der Waals surface area (Å²) >= 11 is 6.38. The number of ketones is 1. The highest BCUT2D eigenvalue weighted by Gasteiger charge is 2.58. The molecule has 2 aromatic carbocycles. The second-order valence-corrected chi connectivity index (χ2v) is 9.60. The van der Waals surface area contributed by atoms with Gasteiger partial charge in [0.1, 0.15) is 5.54 Å². The van der Waals surface area contributed by atoms with E-state index in [1.54, 1.807) is 4.90 Å². The molecule has 4 rings (SSSR count). The molecule has 1 saturated heterocycles. The fraction of sp³-hybridized carbons (Fsp3) is 0.423. The highest BCUT2D eigenvalue weighted by molar-refractivity contribution is 6.31. The summed E-state index contributed by atoms with van der Waals surface area (Å²) < 4.78 is 0. The molecule has 1 aliphatic heterocycles. The van der Waals surface area contributed by atoms with Gasteiger partial charge in [0.2, 0.25) is 0 Å². The van der Waals surface area contributed by atoms with Crippen LogP contribution in [-0.4, -0.2) is 34.7 Å². The maximum atomic E-state index is 13.6. The zero-order chi connectivity index (χ0) is 23.0. The molecular weight excluding hydrogens is 424 g/mol. The highest BCUT2D eigenvalue weighted by Crippen LogP contribution is 2.43. The number of hydrogen-bond acceptors (Lipinski definition) is 3. The Morgan fingerprint density at radius 1 is 0.969 bits per heavy atom. The van der Waals surface area contributed by atoms with Crippen LogP contribution in [-0.2, 0) is 16.0 Å². The minimum Gasteiger partial charge on any atom is -0.297 e. The van der Waals surface area contributed by atoms with Crippen molar-refractivity contribution in [3.63, 3.8) is 0 Å². The molecule has 2 aromatic rings. The highest BCUT2D eigenvalue weighted by atomic mass is 35.5. The van der Waals surface area contributed by atoms with Gasteiger partial charge in [0.25, 0.3) is 5.91 Å². The third-order valence-electron chi connectivity index (χ3n) is 6.74. The monoisotopic (exact) mass is 452 g/mol. The van der Waals surface area contributed by atoms with E-state index in [0.29, 0.717) is 23.6 Å². The van der Waals surface area contributed by atoms with Crippen molar-refractivity contribution in [1.29, 1.82) is 0 Å². The van der Waals surface area contributed by atoms with Crippen molar-refractivity contribution in [3.8, 4) is 0 Å². The number of urea groups is 1. The molecule has 1 aliphatic carbocycles. The van der Waals surface area contributed by atoms with Crippen molar-refractivity contribution in [2.24, 2.45) is 0 Å². The number of Topliss-reactive ketones (excluding diaryl/α,β-unsaturated/α-hetero) is 1. The van der Waals surface area contributed by atoms with Crippen LogP contribution >= 0.6 is 11.6 Å². The van der Waals surface area contributed by atoms with Crippen LogP contribution in [0.4, 0.5) is 10.5 Å². The van der Waals surface area contributed by atoms with Gasteiger partial charge >= 0.3 is 6.03 Å². The van der Waals surface area contributed by atoms with E-state index in [1.165, 1.54) is 0 Å². The molecule has 168 valence electrons. The number of nitrogens with zero attached hydrogens (tertiary/aromatic N) is 2. The summed E-state index contributed by atoms with van der Waals surface area (Å²) in [6.45, 7) is 5.63. The number of carbonyl (C=O) groups is 3. The van der Waals surface area contributed by atoms with E-state index in [0.717, 1.165) is 46.4 Å². The fourth-order valence-corrected chi connectivity index (χ4v) is 5.49. The van der Waals surface area contributed by atoms with E-state index >= 15 is 0 Å². The molecule has 5 nitrogen and oxygen atoms in total. The van der Waals surface area contributed by atoms with Crippen LogP contribution in [0.2, 0.25) is 5.02 Å². The van der Waals surface area contributed by atoms with Gasteiger partial charge in [0.15, 0.2) is 5.78 Å². The Bertz CT molecular complexity index is 1050. The number of hydrogen-bond donors (Lipinski definition) is 0. The third kappa shape index (κ3) is 3.95. The molecule has 3 amide bonds. The van der Waals surface area contributed by atoms with Gasteiger partial charge < -0.3 is 0 Å². The average Bonchev–Trinajstić information content (AvgIpc) is 2.93. The summed E-state index contributed by atoms with van der Waals surface area (Å²) in [5.41, 5.74) is 3.63. The number of benzene rings is 2. The van der Waals surface area contributed by atoms with Crippen LogP contribution in [0.5, 0.6) is 0 Å². The first-order valence-electron chi connectivity index (χ1n) is 11.2. The van der Waals surface area contributed by atoms with Gasteiger partial charge in [-0.2, -0.15) is 0 Å². The van der Waals surface area contributed by atoms with Crippen LogP contribution in [0.3, 0.4) is 0 Å². The molecule has 2 aliphatic rings. The summed E-state index contributed by atoms with van der Waals surface area (Å²) in [6, 6.07) is 11.1. The zero-order valence-corrected chi connectivity index (χ0v) is 19.7. The van der Waals surface area contributed by atoms with Crippen LogP contribution in [0, 0.1) is 20.8 Å². The number of carbonyl (C=O) groups excluding carboxylic acids is 3. The molecular formula is C26H29ClN2O3. The number of amides is 3. The first-order valence-corrected chi connectivity index (χ1v) is 11.6. The lowest BCUT2D eigenvalue weighted by molar-refractivity contribution is -0.134. The minimum atomic E-state index is -0.887. The number of halogens is 1. The van der Waals surface area contributed by atoms with E-state index < -0.39 is 11.6 Å². The SMILES string of the molecule is Cc1ccc(N2C(=O)N(CC(=O)Cc3c(C)cc(C)cc3Cl)C(=O)C23CCCCC3)cc1. The van der Waals surface area contributed by atoms with Crippen molar-refractivity contribution in [2.75, 3.05) is 11.4 Å². The van der Waals surface area contributed by atoms with Gasteiger partial charge in [-0.05, 0) is 68.5 Å². The number of aryl methyl sites for hydroxylation is 3. The Hall–Kier alpha value is -2.66. The topological polar surface area (TPSA) is 57.7 Å². The second-order valence-electron chi connectivity index (χ2n) is 9.19. The molecule has 0 radical (unpaired) electrons. The molecule has 1 spiro atoms. The van der Waals surface area contributed by atoms with Gasteiger partial charge in [0.05, 0.1) is 6.54 Å². The van der Waals surface area contributed by atoms with Crippen molar-refractivity contribution < 1.29 is 14.4 Å². The molecule has 32 heavy (non-hydrogen) atoms. The third-order valence-corrected chi connectivity index (χ3v) is 7.07. The Morgan fingerprint density at radius 3 is 2.25 bits per heavy atom. The predicted octanol–water partition coefficient (Wildman–Crippen LogP) is 5.55. The maximum absolute atomic E-state index is 13.6. The van der Waals surface area contributed by atoms with E-state index in [9.17, 15) is 14.4 Å². The molecule has 1 heterocycles. The zero-order valence-electron chi connectivity index (χ0n) is 18.9. The number of rotatable bonds is 5. The molecule has 0 aromatic heterocycles. The number of anilines is 1. The molecule has 0 atom stereocenters. The van der Waals surface area contributed by atoms with Gasteiger partial charge in [-0.3, -0.25) is 19.4 Å². The average molecular weight is 453 g/mol. The Morgan fingerprint density at radius 2 is 1.62 bits per heavy atom. The van der Waals surface area contributed by atoms with E-state index in [1.807, 2.05) is 57.2 Å². The quantitative estimate of drug-likeness (QED) is 0.559. The molecule has 6 heteroatoms. The van der Waals surface area contributed by atoms with Gasteiger partial charge in [0, 0.05) is 17.1 Å². The van der Waals surface area contributed by atoms with Crippen LogP contribution in [0.25, 0.3) is 0 Å². The summed E-state index contributed by atoms with van der Waals surface area (Å²) in [5.74, 6) is -0.444. The van der Waals surface area contributed by atoms with Gasteiger partial charge in [-0.1, -0.05) is 54.6 Å². The maximum Gasteiger partial charge on any atom is 0.332 e. The number of imide groups is 1. The normalized spacial score (nSPS) is 18.0. The van der Waals surface area contributed by atoms with E-state index in [2.05, 4.69) is 0 Å². The lowest BCUT2D eigenvalue weighted by atomic mass is 9.80. The molecule has 0 unspecified atom stereocenters. The van der Waals surface area contributed by atoms with E-state index in [-0.39, 0.29) is 24.7 Å². The Balaban J connectivity index is 1.62. The smallest absolute Gasteiger partial charge is 0.297 e. The van der Waals surface area contributed by atoms with Crippen molar-refractivity contribution in [1.82, 2.24) is 4.90 Å². The largest absolute Gasteiger partial charge is 0.332 e. The summed E-state index contributed by atoms with van der Waals surface area (Å²) in [5, 5.41) is 0.542. The first kappa shape index (κ1) is 22.5. The van der Waals surface area contributed by atoms with Gasteiger partial charge in [-0.15, -0.1) is 0 Å². The van der Waals surface area contributed by atoms with Crippen molar-refractivity contribution in [3.05, 3.63) is 63.7 Å². The Kier molecular flexibility index (Phi) is 6.13. The lowest BCUT2D eigenvalue weighted by Crippen LogP contribution is -2.51. The van der Waals surface area contributed by atoms with Gasteiger partial charge in [-0.25, -0.2) is 4.79 Å². The summed E-state index contributed by atoms with van der Waals surface area (Å²) in [4.78, 5) is 42.9. The minimum absolute atomic E-state index is 0.0968. The predicted molar refractivity (Wildman–Crippen MR) is 126 cm³/mol. The van der Waals surface area contributed by atoms with E-state index in [4.69, 9.17) is 11.6 Å². The standard InChI is InChI=1S/C26H29ClN2O3/c1-17-7-9-20(10-8-17)29-25(32)28(24(31)26(29)11-5-4-6-12-26)16-21(30)15-22-19(3)13-18(2)14-23(22)27/h7-10,13-14H,4-6,11-12,15-16H2,1-3H3. The first-order chi connectivity index (χ1) is 15.2. The fourth-order valence-electron chi connectivity index (χ4n) is 5.10. The van der Waals surface area contributed by atoms with Crippen molar-refractivity contribution in [2.45, 2.75) is 64.8 Å². The van der Waals surface area contributed by atoms with Crippen molar-refractivity contribution >= 4 is 35.0 Å². The summed E-state index contributed by atoms with van der Waals surface area (Å²) in [6.07, 6.45) is 4.18.